The van der Waals surface area contributed by atoms with Gasteiger partial charge in [-0.25, -0.2) is 4.79 Å². The van der Waals surface area contributed by atoms with Gasteiger partial charge in [0, 0.05) is 37.1 Å². The van der Waals surface area contributed by atoms with E-state index in [0.29, 0.717) is 44.1 Å². The van der Waals surface area contributed by atoms with Crippen LogP contribution in [0.15, 0.2) is 11.4 Å². The average molecular weight is 456 g/mol. The highest BCUT2D eigenvalue weighted by Gasteiger charge is 2.36. The standard InChI is InChI=1S/C21H24F3N3O3S/c1-25-19(28)14-11-31-18-15(21(22,23)24)10-16(26-17(14)18)13-4-7-27(8-5-13)20(29)30-9-6-12-2-3-12/h10-13H,2-9H2,1H3,(H,25,28). The summed E-state index contributed by atoms with van der Waals surface area (Å²) in [6.45, 7) is 1.22. The van der Waals surface area contributed by atoms with Gasteiger partial charge in [-0.2, -0.15) is 13.2 Å². The fraction of sp³-hybridized carbons (Fsp3) is 0.571. The molecule has 3 heterocycles. The zero-order valence-electron chi connectivity index (χ0n) is 17.1. The predicted molar refractivity (Wildman–Crippen MR) is 110 cm³/mol. The molecule has 1 N–H and O–H groups in total. The molecule has 0 spiro atoms. The molecule has 4 rings (SSSR count). The molecule has 1 saturated heterocycles. The number of hydrogen-bond acceptors (Lipinski definition) is 5. The molecule has 0 aromatic carbocycles. The Labute approximate surface area is 181 Å². The van der Waals surface area contributed by atoms with Gasteiger partial charge < -0.3 is 15.0 Å². The highest BCUT2D eigenvalue weighted by Crippen LogP contribution is 2.41. The van der Waals surface area contributed by atoms with Crippen LogP contribution in [-0.2, 0) is 10.9 Å². The van der Waals surface area contributed by atoms with Crippen LogP contribution in [0, 0.1) is 5.92 Å². The molecular weight excluding hydrogens is 431 g/mol. The monoisotopic (exact) mass is 455 g/mol. The second-order valence-electron chi connectivity index (χ2n) is 8.11. The molecule has 1 aliphatic carbocycles. The van der Waals surface area contributed by atoms with E-state index in [4.69, 9.17) is 4.74 Å². The number of aromatic nitrogens is 1. The van der Waals surface area contributed by atoms with E-state index in [9.17, 15) is 22.8 Å². The Morgan fingerprint density at radius 1 is 1.26 bits per heavy atom. The van der Waals surface area contributed by atoms with Crippen LogP contribution in [-0.4, -0.2) is 48.6 Å². The minimum absolute atomic E-state index is 0.0356. The first-order valence-electron chi connectivity index (χ1n) is 10.4. The number of fused-ring (bicyclic) bond motifs is 1. The molecule has 0 radical (unpaired) electrons. The number of halogens is 3. The topological polar surface area (TPSA) is 71.5 Å². The summed E-state index contributed by atoms with van der Waals surface area (Å²) in [6.07, 6.45) is -0.635. The van der Waals surface area contributed by atoms with Gasteiger partial charge in [0.25, 0.3) is 5.91 Å². The van der Waals surface area contributed by atoms with E-state index in [0.717, 1.165) is 23.8 Å². The number of ether oxygens (including phenoxy) is 1. The predicted octanol–water partition coefficient (Wildman–Crippen LogP) is 4.79. The van der Waals surface area contributed by atoms with Gasteiger partial charge in [0.1, 0.15) is 0 Å². The Bertz CT molecular complexity index is 979. The lowest BCUT2D eigenvalue weighted by Gasteiger charge is -2.31. The SMILES string of the molecule is CNC(=O)c1csc2c(C(F)(F)F)cc(C3CCN(C(=O)OCCC4CC4)CC3)nc12. The first kappa shape index (κ1) is 21.9. The van der Waals surface area contributed by atoms with Crippen molar-refractivity contribution in [3.8, 4) is 0 Å². The lowest BCUT2D eigenvalue weighted by molar-refractivity contribution is -0.136. The van der Waals surface area contributed by atoms with Gasteiger partial charge in [-0.1, -0.05) is 12.8 Å². The maximum absolute atomic E-state index is 13.7. The number of carbonyl (C=O) groups excluding carboxylic acids is 2. The zero-order chi connectivity index (χ0) is 22.2. The molecule has 0 bridgehead atoms. The third-order valence-corrected chi connectivity index (χ3v) is 6.94. The molecule has 2 aromatic rings. The summed E-state index contributed by atoms with van der Waals surface area (Å²) in [5.41, 5.74) is -0.234. The Kier molecular flexibility index (Phi) is 6.09. The molecule has 2 fully saturated rings. The lowest BCUT2D eigenvalue weighted by atomic mass is 9.92. The molecule has 168 valence electrons. The molecule has 2 aromatic heterocycles. The van der Waals surface area contributed by atoms with Crippen molar-refractivity contribution in [3.05, 3.63) is 28.3 Å². The van der Waals surface area contributed by atoms with Gasteiger partial charge in [-0.05, 0) is 31.2 Å². The van der Waals surface area contributed by atoms with Crippen molar-refractivity contribution in [2.24, 2.45) is 5.92 Å². The van der Waals surface area contributed by atoms with E-state index in [2.05, 4.69) is 10.3 Å². The number of rotatable bonds is 5. The highest BCUT2D eigenvalue weighted by atomic mass is 32.1. The average Bonchev–Trinajstić information content (AvgIpc) is 3.48. The minimum atomic E-state index is -4.55. The summed E-state index contributed by atoms with van der Waals surface area (Å²) in [6, 6.07) is 1.10. The van der Waals surface area contributed by atoms with Crippen molar-refractivity contribution in [2.45, 2.75) is 44.2 Å². The number of likely N-dealkylation sites (tertiary alicyclic amines) is 1. The van der Waals surface area contributed by atoms with Gasteiger partial charge in [-0.3, -0.25) is 9.78 Å². The van der Waals surface area contributed by atoms with Crippen LogP contribution in [0.3, 0.4) is 0 Å². The van der Waals surface area contributed by atoms with Gasteiger partial charge >= 0.3 is 12.3 Å². The van der Waals surface area contributed by atoms with E-state index in [1.54, 1.807) is 4.90 Å². The molecule has 2 amide bonds. The number of piperidine rings is 1. The lowest BCUT2D eigenvalue weighted by Crippen LogP contribution is -2.38. The second kappa shape index (κ2) is 8.64. The zero-order valence-corrected chi connectivity index (χ0v) is 17.9. The number of alkyl halides is 3. The number of pyridine rings is 1. The van der Waals surface area contributed by atoms with E-state index in [-0.39, 0.29) is 27.8 Å². The number of nitrogens with zero attached hydrogens (tertiary/aromatic N) is 2. The number of thiophene rings is 1. The van der Waals surface area contributed by atoms with Crippen molar-refractivity contribution in [1.82, 2.24) is 15.2 Å². The van der Waals surface area contributed by atoms with Crippen LogP contribution < -0.4 is 5.32 Å². The largest absolute Gasteiger partial charge is 0.449 e. The van der Waals surface area contributed by atoms with Crippen molar-refractivity contribution >= 4 is 33.6 Å². The van der Waals surface area contributed by atoms with Crippen LogP contribution in [0.1, 0.15) is 59.6 Å². The molecule has 0 atom stereocenters. The van der Waals surface area contributed by atoms with E-state index in [1.165, 1.54) is 25.3 Å². The van der Waals surface area contributed by atoms with Crippen LogP contribution in [0.25, 0.3) is 10.2 Å². The molecule has 1 saturated carbocycles. The Balaban J connectivity index is 1.51. The first-order valence-corrected chi connectivity index (χ1v) is 11.3. The van der Waals surface area contributed by atoms with Gasteiger partial charge in [0.2, 0.25) is 0 Å². The molecule has 2 aliphatic rings. The third kappa shape index (κ3) is 4.78. The van der Waals surface area contributed by atoms with Gasteiger partial charge in [0.05, 0.1) is 28.0 Å². The van der Waals surface area contributed by atoms with Gasteiger partial charge in [0.15, 0.2) is 0 Å². The summed E-state index contributed by atoms with van der Waals surface area (Å²) in [4.78, 5) is 30.4. The molecule has 1 aliphatic heterocycles. The summed E-state index contributed by atoms with van der Waals surface area (Å²) >= 11 is 0.872. The maximum atomic E-state index is 13.7. The maximum Gasteiger partial charge on any atom is 0.417 e. The molecule has 6 nitrogen and oxygen atoms in total. The number of hydrogen-bond donors (Lipinski definition) is 1. The molecule has 31 heavy (non-hydrogen) atoms. The normalized spacial score (nSPS) is 17.7. The molecular formula is C21H24F3N3O3S. The quantitative estimate of drug-likeness (QED) is 0.704. The van der Waals surface area contributed by atoms with Crippen LogP contribution in [0.4, 0.5) is 18.0 Å². The Hall–Kier alpha value is -2.36. The third-order valence-electron chi connectivity index (χ3n) is 5.94. The molecule has 10 heteroatoms. The van der Waals surface area contributed by atoms with E-state index >= 15 is 0 Å². The van der Waals surface area contributed by atoms with E-state index in [1.807, 2.05) is 0 Å². The summed E-state index contributed by atoms with van der Waals surface area (Å²) in [5.74, 6) is -0.00891. The van der Waals surface area contributed by atoms with Crippen LogP contribution >= 0.6 is 11.3 Å². The minimum Gasteiger partial charge on any atom is -0.449 e. The van der Waals surface area contributed by atoms with Crippen LogP contribution in [0.5, 0.6) is 0 Å². The first-order chi connectivity index (χ1) is 14.8. The van der Waals surface area contributed by atoms with E-state index < -0.39 is 17.6 Å². The van der Waals surface area contributed by atoms with Crippen molar-refractivity contribution in [2.75, 3.05) is 26.7 Å². The van der Waals surface area contributed by atoms with Gasteiger partial charge in [-0.15, -0.1) is 11.3 Å². The van der Waals surface area contributed by atoms with Crippen molar-refractivity contribution < 1.29 is 27.5 Å². The second-order valence-corrected chi connectivity index (χ2v) is 8.99. The number of amides is 2. The Morgan fingerprint density at radius 2 is 1.97 bits per heavy atom. The molecule has 0 unspecified atom stereocenters. The highest BCUT2D eigenvalue weighted by molar-refractivity contribution is 7.17. The fourth-order valence-electron chi connectivity index (χ4n) is 3.91. The Morgan fingerprint density at radius 3 is 2.58 bits per heavy atom. The number of carbonyl (C=O) groups is 2. The van der Waals surface area contributed by atoms with Crippen molar-refractivity contribution in [1.29, 1.82) is 0 Å². The van der Waals surface area contributed by atoms with Crippen molar-refractivity contribution in [3.63, 3.8) is 0 Å². The van der Waals surface area contributed by atoms with Crippen LogP contribution in [0.2, 0.25) is 0 Å². The summed E-state index contributed by atoms with van der Waals surface area (Å²) in [5, 5.41) is 3.86. The summed E-state index contributed by atoms with van der Waals surface area (Å²) in [7, 11) is 1.43. The fourth-order valence-corrected chi connectivity index (χ4v) is 4.94. The summed E-state index contributed by atoms with van der Waals surface area (Å²) < 4.78 is 46.4. The smallest absolute Gasteiger partial charge is 0.417 e. The number of nitrogens with one attached hydrogen (secondary N) is 1.